The van der Waals surface area contributed by atoms with Crippen LogP contribution in [0.25, 0.3) is 0 Å². The van der Waals surface area contributed by atoms with E-state index in [2.05, 4.69) is 6.07 Å². The maximum Gasteiger partial charge on any atom is 0.163 e. The Morgan fingerprint density at radius 2 is 2.38 bits per heavy atom. The van der Waals surface area contributed by atoms with Gasteiger partial charge in [0.05, 0.1) is 13.2 Å². The predicted molar refractivity (Wildman–Crippen MR) is 59.5 cm³/mol. The summed E-state index contributed by atoms with van der Waals surface area (Å²) in [5, 5.41) is 8.77. The molecule has 1 atom stereocenters. The number of fused-ring (bicyclic) bond motifs is 1. The van der Waals surface area contributed by atoms with E-state index in [1.807, 2.05) is 6.07 Å². The second kappa shape index (κ2) is 4.36. The first-order chi connectivity index (χ1) is 7.76. The number of rotatable bonds is 2. The minimum Gasteiger partial charge on any atom is -0.497 e. The summed E-state index contributed by atoms with van der Waals surface area (Å²) in [6.07, 6.45) is 1.78. The highest BCUT2D eigenvalue weighted by molar-refractivity contribution is 5.99. The molecular weight excluding hydrogens is 202 g/mol. The first-order valence-corrected chi connectivity index (χ1v) is 5.34. The number of carbonyl (C=O) groups is 1. The molecule has 2 rings (SSSR count). The molecule has 1 aromatic carbocycles. The van der Waals surface area contributed by atoms with Gasteiger partial charge in [0.1, 0.15) is 5.75 Å². The Morgan fingerprint density at radius 3 is 3.06 bits per heavy atom. The zero-order valence-electron chi connectivity index (χ0n) is 9.19. The Morgan fingerprint density at radius 1 is 1.56 bits per heavy atom. The topological polar surface area (TPSA) is 50.1 Å². The maximum atomic E-state index is 11.7. The molecule has 0 aromatic heterocycles. The fourth-order valence-electron chi connectivity index (χ4n) is 2.18. The van der Waals surface area contributed by atoms with Gasteiger partial charge in [0.15, 0.2) is 5.78 Å². The van der Waals surface area contributed by atoms with Crippen molar-refractivity contribution in [3.8, 4) is 11.8 Å². The van der Waals surface area contributed by atoms with Crippen LogP contribution in [0, 0.1) is 11.3 Å². The summed E-state index contributed by atoms with van der Waals surface area (Å²) in [4.78, 5) is 11.7. The van der Waals surface area contributed by atoms with Crippen LogP contribution in [0.4, 0.5) is 0 Å². The van der Waals surface area contributed by atoms with Crippen LogP contribution in [-0.2, 0) is 0 Å². The summed E-state index contributed by atoms with van der Waals surface area (Å²) < 4.78 is 5.15. The fraction of sp³-hybridized carbons (Fsp3) is 0.385. The molecule has 1 aliphatic rings. The first kappa shape index (κ1) is 10.7. The number of carbonyl (C=O) groups excluding carboxylic acids is 1. The van der Waals surface area contributed by atoms with Gasteiger partial charge >= 0.3 is 0 Å². The molecule has 1 aromatic rings. The molecule has 0 aliphatic heterocycles. The lowest BCUT2D eigenvalue weighted by Crippen LogP contribution is -2.15. The van der Waals surface area contributed by atoms with Gasteiger partial charge in [-0.2, -0.15) is 5.26 Å². The molecule has 0 saturated carbocycles. The van der Waals surface area contributed by atoms with Gasteiger partial charge in [0.25, 0.3) is 0 Å². The van der Waals surface area contributed by atoms with Gasteiger partial charge in [-0.05, 0) is 36.1 Å². The Hall–Kier alpha value is -1.82. The molecule has 16 heavy (non-hydrogen) atoms. The molecular formula is C13H13NO2. The summed E-state index contributed by atoms with van der Waals surface area (Å²) in [6.45, 7) is 0. The molecule has 0 fully saturated rings. The highest BCUT2D eigenvalue weighted by Gasteiger charge is 2.25. The molecule has 0 N–H and O–H groups in total. The number of methoxy groups -OCH3 is 1. The molecule has 0 amide bonds. The van der Waals surface area contributed by atoms with Crippen LogP contribution in [0.15, 0.2) is 18.2 Å². The highest BCUT2D eigenvalue weighted by Crippen LogP contribution is 2.35. The van der Waals surface area contributed by atoms with Crippen molar-refractivity contribution in [2.45, 2.75) is 25.2 Å². The molecule has 0 spiro atoms. The Labute approximate surface area is 94.6 Å². The van der Waals surface area contributed by atoms with Crippen molar-refractivity contribution < 1.29 is 9.53 Å². The third-order valence-electron chi connectivity index (χ3n) is 3.06. The van der Waals surface area contributed by atoms with Gasteiger partial charge in [-0.25, -0.2) is 0 Å². The van der Waals surface area contributed by atoms with Gasteiger partial charge in [0.2, 0.25) is 0 Å². The van der Waals surface area contributed by atoms with Crippen molar-refractivity contribution >= 4 is 5.78 Å². The molecule has 1 aliphatic carbocycles. The van der Waals surface area contributed by atoms with E-state index >= 15 is 0 Å². The van der Waals surface area contributed by atoms with E-state index < -0.39 is 0 Å². The summed E-state index contributed by atoms with van der Waals surface area (Å²) in [5.41, 5.74) is 1.73. The molecule has 1 unspecified atom stereocenters. The van der Waals surface area contributed by atoms with Crippen LogP contribution in [0.5, 0.6) is 5.75 Å². The van der Waals surface area contributed by atoms with Crippen molar-refractivity contribution in [2.24, 2.45) is 0 Å². The summed E-state index contributed by atoms with van der Waals surface area (Å²) >= 11 is 0. The first-order valence-electron chi connectivity index (χ1n) is 5.34. The maximum absolute atomic E-state index is 11.7. The normalized spacial score (nSPS) is 18.8. The highest BCUT2D eigenvalue weighted by atomic mass is 16.5. The number of ether oxygens (including phenoxy) is 1. The van der Waals surface area contributed by atoms with Gasteiger partial charge < -0.3 is 4.74 Å². The predicted octanol–water partition coefficient (Wildman–Crippen LogP) is 2.67. The van der Waals surface area contributed by atoms with Gasteiger partial charge in [-0.3, -0.25) is 4.79 Å². The number of hydrogen-bond acceptors (Lipinski definition) is 3. The molecule has 82 valence electrons. The van der Waals surface area contributed by atoms with Crippen molar-refractivity contribution in [3.63, 3.8) is 0 Å². The molecule has 0 saturated heterocycles. The van der Waals surface area contributed by atoms with Crippen LogP contribution in [0.2, 0.25) is 0 Å². The number of benzene rings is 1. The van der Waals surface area contributed by atoms with Crippen LogP contribution >= 0.6 is 0 Å². The standard InChI is InChI=1S/C13H13NO2/c1-16-10-3-4-11-12(8-10)9(6-7-14)2-5-13(11)15/h3-4,8-9H,2,5-6H2,1H3. The van der Waals surface area contributed by atoms with E-state index in [0.717, 1.165) is 23.3 Å². The summed E-state index contributed by atoms with van der Waals surface area (Å²) in [7, 11) is 1.60. The monoisotopic (exact) mass is 215 g/mol. The lowest BCUT2D eigenvalue weighted by Gasteiger charge is -2.23. The van der Waals surface area contributed by atoms with Crippen molar-refractivity contribution in [3.05, 3.63) is 29.3 Å². The number of nitrogens with zero attached hydrogens (tertiary/aromatic N) is 1. The smallest absolute Gasteiger partial charge is 0.163 e. The number of hydrogen-bond donors (Lipinski definition) is 0. The zero-order chi connectivity index (χ0) is 11.5. The average molecular weight is 215 g/mol. The van der Waals surface area contributed by atoms with Crippen LogP contribution < -0.4 is 4.74 Å². The lowest BCUT2D eigenvalue weighted by molar-refractivity contribution is 0.0967. The quantitative estimate of drug-likeness (QED) is 0.762. The summed E-state index contributed by atoms with van der Waals surface area (Å²) in [5.74, 6) is 1.09. The molecule has 3 nitrogen and oxygen atoms in total. The van der Waals surface area contributed by atoms with E-state index in [1.54, 1.807) is 19.2 Å². The van der Waals surface area contributed by atoms with E-state index in [9.17, 15) is 4.79 Å². The van der Waals surface area contributed by atoms with E-state index in [1.165, 1.54) is 0 Å². The minimum atomic E-state index is 0.173. The van der Waals surface area contributed by atoms with Crippen LogP contribution in [0.1, 0.15) is 41.1 Å². The van der Waals surface area contributed by atoms with E-state index in [4.69, 9.17) is 10.00 Å². The van der Waals surface area contributed by atoms with Gasteiger partial charge in [-0.1, -0.05) is 0 Å². The third kappa shape index (κ3) is 1.79. The van der Waals surface area contributed by atoms with Gasteiger partial charge in [-0.15, -0.1) is 0 Å². The third-order valence-corrected chi connectivity index (χ3v) is 3.06. The number of Topliss-reactive ketones (excluding diaryl/α,β-unsaturated/α-hetero) is 1. The average Bonchev–Trinajstić information content (AvgIpc) is 2.32. The number of ketones is 1. The van der Waals surface area contributed by atoms with E-state index in [0.29, 0.717) is 12.8 Å². The Bertz CT molecular complexity index is 459. The van der Waals surface area contributed by atoms with Crippen LogP contribution in [-0.4, -0.2) is 12.9 Å². The second-order valence-corrected chi connectivity index (χ2v) is 3.97. The van der Waals surface area contributed by atoms with E-state index in [-0.39, 0.29) is 11.7 Å². The van der Waals surface area contributed by atoms with Crippen molar-refractivity contribution in [1.82, 2.24) is 0 Å². The Balaban J connectivity index is 2.45. The Kier molecular flexibility index (Phi) is 2.91. The van der Waals surface area contributed by atoms with Crippen molar-refractivity contribution in [2.75, 3.05) is 7.11 Å². The molecule has 0 bridgehead atoms. The zero-order valence-corrected chi connectivity index (χ0v) is 9.19. The second-order valence-electron chi connectivity index (χ2n) is 3.97. The molecule has 3 heteroatoms. The lowest BCUT2D eigenvalue weighted by atomic mass is 9.80. The minimum absolute atomic E-state index is 0.173. The summed E-state index contributed by atoms with van der Waals surface area (Å²) in [6, 6.07) is 7.66. The van der Waals surface area contributed by atoms with Gasteiger partial charge in [0, 0.05) is 18.4 Å². The molecule has 0 heterocycles. The largest absolute Gasteiger partial charge is 0.497 e. The number of nitriles is 1. The van der Waals surface area contributed by atoms with Crippen molar-refractivity contribution in [1.29, 1.82) is 5.26 Å². The van der Waals surface area contributed by atoms with Crippen LogP contribution in [0.3, 0.4) is 0 Å². The SMILES string of the molecule is COc1ccc2c(c1)C(CC#N)CCC2=O. The fourth-order valence-corrected chi connectivity index (χ4v) is 2.18. The molecule has 0 radical (unpaired) electrons.